The minimum atomic E-state index is -0.235. The lowest BCUT2D eigenvalue weighted by Crippen LogP contribution is -2.53. The molecular formula is C17H26N4O3. The zero-order valence-electron chi connectivity index (χ0n) is 14.2. The number of amides is 3. The van der Waals surface area contributed by atoms with Gasteiger partial charge in [0.2, 0.25) is 5.91 Å². The molecule has 2 N–H and O–H groups in total. The van der Waals surface area contributed by atoms with E-state index < -0.39 is 0 Å². The van der Waals surface area contributed by atoms with Crippen molar-refractivity contribution in [2.75, 3.05) is 39.3 Å². The van der Waals surface area contributed by atoms with E-state index in [2.05, 4.69) is 15.7 Å². The molecule has 2 rings (SSSR count). The van der Waals surface area contributed by atoms with Crippen molar-refractivity contribution < 1.29 is 14.4 Å². The van der Waals surface area contributed by atoms with Gasteiger partial charge in [0.05, 0.1) is 13.2 Å². The van der Waals surface area contributed by atoms with Crippen LogP contribution in [0.25, 0.3) is 0 Å². The standard InChI is InChI=1S/C17H26N4O3/c1-2-8-18-16(22)13-20-9-11-21(12-10-20)17(23)19-24-14-15-6-4-3-5-7-15/h3-7H,2,8-14H2,1H3,(H,18,22)(H,19,23). The molecule has 0 unspecified atom stereocenters. The summed E-state index contributed by atoms with van der Waals surface area (Å²) < 4.78 is 0. The van der Waals surface area contributed by atoms with Crippen molar-refractivity contribution in [3.63, 3.8) is 0 Å². The normalized spacial score (nSPS) is 15.1. The van der Waals surface area contributed by atoms with Crippen molar-refractivity contribution in [3.8, 4) is 0 Å². The molecule has 1 aliphatic heterocycles. The number of piperazine rings is 1. The van der Waals surface area contributed by atoms with Gasteiger partial charge in [0, 0.05) is 32.7 Å². The van der Waals surface area contributed by atoms with Crippen LogP contribution in [0.3, 0.4) is 0 Å². The molecule has 1 fully saturated rings. The average molecular weight is 334 g/mol. The summed E-state index contributed by atoms with van der Waals surface area (Å²) in [7, 11) is 0. The van der Waals surface area contributed by atoms with Crippen molar-refractivity contribution in [2.45, 2.75) is 20.0 Å². The Hall–Kier alpha value is -2.12. The lowest BCUT2D eigenvalue weighted by Gasteiger charge is -2.34. The lowest BCUT2D eigenvalue weighted by atomic mass is 10.2. The number of urea groups is 1. The molecule has 1 saturated heterocycles. The van der Waals surface area contributed by atoms with Crippen molar-refractivity contribution in [2.24, 2.45) is 0 Å². The van der Waals surface area contributed by atoms with Crippen LogP contribution >= 0.6 is 0 Å². The molecule has 132 valence electrons. The van der Waals surface area contributed by atoms with Crippen LogP contribution in [0.4, 0.5) is 4.79 Å². The zero-order chi connectivity index (χ0) is 17.2. The maximum Gasteiger partial charge on any atom is 0.341 e. The molecule has 1 aromatic rings. The third-order valence-corrected chi connectivity index (χ3v) is 3.84. The largest absolute Gasteiger partial charge is 0.355 e. The third-order valence-electron chi connectivity index (χ3n) is 3.84. The average Bonchev–Trinajstić information content (AvgIpc) is 2.61. The van der Waals surface area contributed by atoms with Gasteiger partial charge >= 0.3 is 6.03 Å². The smallest absolute Gasteiger partial charge is 0.341 e. The van der Waals surface area contributed by atoms with Crippen LogP contribution < -0.4 is 10.8 Å². The van der Waals surface area contributed by atoms with E-state index in [1.807, 2.05) is 37.3 Å². The second kappa shape index (κ2) is 9.89. The summed E-state index contributed by atoms with van der Waals surface area (Å²) in [6.07, 6.45) is 0.933. The number of benzene rings is 1. The summed E-state index contributed by atoms with van der Waals surface area (Å²) in [4.78, 5) is 32.8. The lowest BCUT2D eigenvalue weighted by molar-refractivity contribution is -0.122. The summed E-state index contributed by atoms with van der Waals surface area (Å²) >= 11 is 0. The van der Waals surface area contributed by atoms with Crippen LogP contribution in [-0.2, 0) is 16.2 Å². The highest BCUT2D eigenvalue weighted by Crippen LogP contribution is 2.03. The van der Waals surface area contributed by atoms with Gasteiger partial charge < -0.3 is 10.2 Å². The number of carbonyl (C=O) groups excluding carboxylic acids is 2. The minimum Gasteiger partial charge on any atom is -0.355 e. The SMILES string of the molecule is CCCNC(=O)CN1CCN(C(=O)NOCc2ccccc2)CC1. The van der Waals surface area contributed by atoms with Gasteiger partial charge in [0.1, 0.15) is 0 Å². The van der Waals surface area contributed by atoms with Crippen LogP contribution in [0, 0.1) is 0 Å². The molecule has 0 aromatic heterocycles. The molecule has 1 aliphatic rings. The molecule has 7 heteroatoms. The van der Waals surface area contributed by atoms with E-state index in [4.69, 9.17) is 4.84 Å². The fraction of sp³-hybridized carbons (Fsp3) is 0.529. The fourth-order valence-corrected chi connectivity index (χ4v) is 2.45. The molecule has 0 atom stereocenters. The van der Waals surface area contributed by atoms with E-state index in [-0.39, 0.29) is 11.9 Å². The van der Waals surface area contributed by atoms with Gasteiger partial charge in [-0.15, -0.1) is 0 Å². The van der Waals surface area contributed by atoms with Crippen molar-refractivity contribution in [1.29, 1.82) is 0 Å². The van der Waals surface area contributed by atoms with Crippen LogP contribution in [0.2, 0.25) is 0 Å². The first-order valence-corrected chi connectivity index (χ1v) is 8.38. The second-order valence-electron chi connectivity index (χ2n) is 5.79. The Bertz CT molecular complexity index is 516. The Kier molecular flexibility index (Phi) is 7.51. The van der Waals surface area contributed by atoms with E-state index in [9.17, 15) is 9.59 Å². The second-order valence-corrected chi connectivity index (χ2v) is 5.79. The van der Waals surface area contributed by atoms with Gasteiger partial charge in [-0.25, -0.2) is 10.3 Å². The van der Waals surface area contributed by atoms with Crippen LogP contribution in [-0.4, -0.2) is 61.0 Å². The first-order chi connectivity index (χ1) is 11.7. The Balaban J connectivity index is 1.62. The molecular weight excluding hydrogens is 308 g/mol. The van der Waals surface area contributed by atoms with Crippen molar-refractivity contribution >= 4 is 11.9 Å². The summed E-state index contributed by atoms with van der Waals surface area (Å²) in [5, 5.41) is 2.86. The number of hydrogen-bond acceptors (Lipinski definition) is 4. The maximum atomic E-state index is 12.1. The topological polar surface area (TPSA) is 73.9 Å². The number of hydroxylamine groups is 1. The van der Waals surface area contributed by atoms with Gasteiger partial charge in [-0.05, 0) is 12.0 Å². The number of nitrogens with one attached hydrogen (secondary N) is 2. The highest BCUT2D eigenvalue weighted by atomic mass is 16.7. The number of hydrogen-bond donors (Lipinski definition) is 2. The van der Waals surface area contributed by atoms with Gasteiger partial charge in [0.15, 0.2) is 0 Å². The molecule has 1 heterocycles. The van der Waals surface area contributed by atoms with E-state index in [0.29, 0.717) is 45.9 Å². The number of rotatable bonds is 7. The van der Waals surface area contributed by atoms with E-state index in [0.717, 1.165) is 12.0 Å². The van der Waals surface area contributed by atoms with E-state index >= 15 is 0 Å². The van der Waals surface area contributed by atoms with Crippen LogP contribution in [0.1, 0.15) is 18.9 Å². The summed E-state index contributed by atoms with van der Waals surface area (Å²) in [5.74, 6) is 0.0425. The number of nitrogens with zero attached hydrogens (tertiary/aromatic N) is 2. The molecule has 0 radical (unpaired) electrons. The van der Waals surface area contributed by atoms with Crippen LogP contribution in [0.5, 0.6) is 0 Å². The zero-order valence-corrected chi connectivity index (χ0v) is 14.2. The highest BCUT2D eigenvalue weighted by molar-refractivity contribution is 5.78. The quantitative estimate of drug-likeness (QED) is 0.729. The molecule has 0 aliphatic carbocycles. The monoisotopic (exact) mass is 334 g/mol. The molecule has 0 bridgehead atoms. The predicted octanol–water partition coefficient (Wildman–Crippen LogP) is 0.972. The Labute approximate surface area is 142 Å². The first-order valence-electron chi connectivity index (χ1n) is 8.38. The van der Waals surface area contributed by atoms with Gasteiger partial charge in [0.25, 0.3) is 0 Å². The molecule has 3 amide bonds. The maximum absolute atomic E-state index is 12.1. The van der Waals surface area contributed by atoms with Crippen LogP contribution in [0.15, 0.2) is 30.3 Å². The molecule has 24 heavy (non-hydrogen) atoms. The van der Waals surface area contributed by atoms with E-state index in [1.54, 1.807) is 4.90 Å². The molecule has 0 spiro atoms. The first kappa shape index (κ1) is 18.2. The van der Waals surface area contributed by atoms with Gasteiger partial charge in [-0.1, -0.05) is 37.3 Å². The molecule has 1 aromatic carbocycles. The molecule has 0 saturated carbocycles. The van der Waals surface area contributed by atoms with E-state index in [1.165, 1.54) is 0 Å². The summed E-state index contributed by atoms with van der Waals surface area (Å²) in [5.41, 5.74) is 3.47. The Morgan fingerprint density at radius 1 is 1.12 bits per heavy atom. The van der Waals surface area contributed by atoms with Crippen molar-refractivity contribution in [1.82, 2.24) is 20.6 Å². The number of carbonyl (C=O) groups is 2. The highest BCUT2D eigenvalue weighted by Gasteiger charge is 2.22. The van der Waals surface area contributed by atoms with Crippen molar-refractivity contribution in [3.05, 3.63) is 35.9 Å². The summed E-state index contributed by atoms with van der Waals surface area (Å²) in [6.45, 7) is 6.00. The fourth-order valence-electron chi connectivity index (χ4n) is 2.45. The minimum absolute atomic E-state index is 0.0425. The predicted molar refractivity (Wildman–Crippen MR) is 91.1 cm³/mol. The summed E-state index contributed by atoms with van der Waals surface area (Å²) in [6, 6.07) is 9.43. The van der Waals surface area contributed by atoms with Gasteiger partial charge in [-0.3, -0.25) is 14.5 Å². The molecule has 7 nitrogen and oxygen atoms in total. The Morgan fingerprint density at radius 2 is 1.83 bits per heavy atom. The van der Waals surface area contributed by atoms with Gasteiger partial charge in [-0.2, -0.15) is 0 Å². The Morgan fingerprint density at radius 3 is 2.50 bits per heavy atom. The third kappa shape index (κ3) is 6.17.